The largest absolute Gasteiger partial charge is 0.462 e. The van der Waals surface area contributed by atoms with Gasteiger partial charge < -0.3 is 25.4 Å². The maximum atomic E-state index is 12.4. The van der Waals surface area contributed by atoms with E-state index in [1.807, 2.05) is 0 Å². The molecule has 28 heavy (non-hydrogen) atoms. The Morgan fingerprint density at radius 3 is 2.46 bits per heavy atom. The zero-order valence-electron chi connectivity index (χ0n) is 15.4. The van der Waals surface area contributed by atoms with E-state index in [0.717, 1.165) is 11.3 Å². The lowest BCUT2D eigenvalue weighted by atomic mass is 10.0. The second-order valence-corrected chi connectivity index (χ2v) is 7.41. The highest BCUT2D eigenvalue weighted by Gasteiger charge is 2.27. The number of ether oxygens (including phenoxy) is 1. The van der Waals surface area contributed by atoms with Crippen LogP contribution in [0.25, 0.3) is 10.1 Å². The Morgan fingerprint density at radius 1 is 1.29 bits per heavy atom. The quantitative estimate of drug-likeness (QED) is 0.375. The summed E-state index contributed by atoms with van der Waals surface area (Å²) in [6.45, 7) is 1.55. The minimum atomic E-state index is -1.43. The molecule has 4 N–H and O–H groups in total. The lowest BCUT2D eigenvalue weighted by Crippen LogP contribution is -2.39. The van der Waals surface area contributed by atoms with Crippen molar-refractivity contribution in [3.05, 3.63) is 28.3 Å². The van der Waals surface area contributed by atoms with Crippen LogP contribution in [0.3, 0.4) is 0 Å². The standard InChI is InChI=1S/C18H21ClN2O6S/c1-3-27-17(26)13-12-5-4-11(6-20-18(7-22,8-23)9-24)14(19)15(12)28-16(13)21-10(2)25/h4-6,22-24H,3,7-9H2,1-2H3,(H,21,25). The fraction of sp³-hybridized carbons (Fsp3) is 0.389. The first-order valence-corrected chi connectivity index (χ1v) is 9.59. The number of nitrogens with one attached hydrogen (secondary N) is 1. The first-order valence-electron chi connectivity index (χ1n) is 8.40. The number of aliphatic hydroxyl groups excluding tert-OH is 3. The van der Waals surface area contributed by atoms with Crippen LogP contribution in [-0.4, -0.2) is 65.4 Å². The summed E-state index contributed by atoms with van der Waals surface area (Å²) in [6.07, 6.45) is 1.34. The number of hydrogen-bond donors (Lipinski definition) is 4. The molecule has 0 aliphatic heterocycles. The SMILES string of the molecule is CCOC(=O)c1c(NC(C)=O)sc2c(Cl)c(C=NC(CO)(CO)CO)ccc12. The molecule has 1 aromatic carbocycles. The minimum Gasteiger partial charge on any atom is -0.462 e. The van der Waals surface area contributed by atoms with E-state index in [4.69, 9.17) is 16.3 Å². The van der Waals surface area contributed by atoms with E-state index in [9.17, 15) is 24.9 Å². The zero-order valence-corrected chi connectivity index (χ0v) is 16.9. The van der Waals surface area contributed by atoms with Crippen LogP contribution in [0.1, 0.15) is 29.8 Å². The monoisotopic (exact) mass is 428 g/mol. The van der Waals surface area contributed by atoms with E-state index in [-0.39, 0.29) is 23.1 Å². The molecular formula is C18H21ClN2O6S. The van der Waals surface area contributed by atoms with Crippen molar-refractivity contribution in [2.24, 2.45) is 4.99 Å². The molecule has 8 nitrogen and oxygen atoms in total. The van der Waals surface area contributed by atoms with Crippen LogP contribution >= 0.6 is 22.9 Å². The third kappa shape index (κ3) is 4.50. The van der Waals surface area contributed by atoms with Gasteiger partial charge in [-0.3, -0.25) is 9.79 Å². The maximum absolute atomic E-state index is 12.4. The number of benzene rings is 1. The summed E-state index contributed by atoms with van der Waals surface area (Å²) in [5.41, 5.74) is -0.747. The van der Waals surface area contributed by atoms with E-state index in [0.29, 0.717) is 20.7 Å². The number of aliphatic imine (C=N–C) groups is 1. The molecule has 10 heteroatoms. The highest BCUT2D eigenvalue weighted by atomic mass is 35.5. The maximum Gasteiger partial charge on any atom is 0.341 e. The molecule has 152 valence electrons. The van der Waals surface area contributed by atoms with Gasteiger partial charge in [-0.1, -0.05) is 23.7 Å². The molecule has 0 fully saturated rings. The Morgan fingerprint density at radius 2 is 1.93 bits per heavy atom. The predicted molar refractivity (Wildman–Crippen MR) is 109 cm³/mol. The second-order valence-electron chi connectivity index (χ2n) is 6.01. The van der Waals surface area contributed by atoms with Gasteiger partial charge in [-0.25, -0.2) is 4.79 Å². The van der Waals surface area contributed by atoms with Crippen LogP contribution in [-0.2, 0) is 9.53 Å². The molecule has 0 radical (unpaired) electrons. The summed E-state index contributed by atoms with van der Waals surface area (Å²) in [7, 11) is 0. The summed E-state index contributed by atoms with van der Waals surface area (Å²) in [6, 6.07) is 3.26. The van der Waals surface area contributed by atoms with E-state index in [1.165, 1.54) is 13.1 Å². The number of amides is 1. The number of esters is 1. The molecule has 2 rings (SSSR count). The highest BCUT2D eigenvalue weighted by molar-refractivity contribution is 7.24. The fourth-order valence-electron chi connectivity index (χ4n) is 2.38. The van der Waals surface area contributed by atoms with Gasteiger partial charge >= 0.3 is 5.97 Å². The third-order valence-corrected chi connectivity index (χ3v) is 5.61. The van der Waals surface area contributed by atoms with Crippen molar-refractivity contribution < 1.29 is 29.6 Å². The van der Waals surface area contributed by atoms with E-state index in [2.05, 4.69) is 10.3 Å². The molecule has 0 spiro atoms. The summed E-state index contributed by atoms with van der Waals surface area (Å²) in [5, 5.41) is 31.9. The molecular weight excluding hydrogens is 408 g/mol. The molecule has 1 amide bonds. The molecule has 2 aromatic rings. The van der Waals surface area contributed by atoms with Gasteiger partial charge in [0.1, 0.15) is 16.1 Å². The molecule has 0 aliphatic rings. The molecule has 0 saturated carbocycles. The van der Waals surface area contributed by atoms with Crippen molar-refractivity contribution in [3.63, 3.8) is 0 Å². The van der Waals surface area contributed by atoms with Crippen molar-refractivity contribution in [2.75, 3.05) is 31.7 Å². The molecule has 1 aromatic heterocycles. The van der Waals surface area contributed by atoms with Crippen LogP contribution in [0.5, 0.6) is 0 Å². The van der Waals surface area contributed by atoms with E-state index in [1.54, 1.807) is 19.1 Å². The molecule has 0 bridgehead atoms. The zero-order chi connectivity index (χ0) is 20.9. The average molecular weight is 429 g/mol. The normalized spacial score (nSPS) is 11.9. The van der Waals surface area contributed by atoms with Crippen LogP contribution in [0, 0.1) is 0 Å². The minimum absolute atomic E-state index is 0.180. The van der Waals surface area contributed by atoms with Gasteiger partial charge in [0.05, 0.1) is 36.2 Å². The fourth-order valence-corrected chi connectivity index (χ4v) is 3.89. The van der Waals surface area contributed by atoms with Crippen molar-refractivity contribution in [1.82, 2.24) is 0 Å². The van der Waals surface area contributed by atoms with Crippen molar-refractivity contribution in [3.8, 4) is 0 Å². The first-order chi connectivity index (χ1) is 13.3. The Hall–Kier alpha value is -2.04. The van der Waals surface area contributed by atoms with Gasteiger partial charge in [0.15, 0.2) is 0 Å². The Bertz CT molecular complexity index is 899. The number of rotatable bonds is 8. The van der Waals surface area contributed by atoms with Gasteiger partial charge in [-0.05, 0) is 6.92 Å². The summed E-state index contributed by atoms with van der Waals surface area (Å²) >= 11 is 7.59. The number of fused-ring (bicyclic) bond motifs is 1. The number of carbonyl (C=O) groups is 2. The number of anilines is 1. The van der Waals surface area contributed by atoms with Crippen molar-refractivity contribution >= 4 is 56.1 Å². The highest BCUT2D eigenvalue weighted by Crippen LogP contribution is 2.41. The Labute approximate surface area is 170 Å². The number of thiophene rings is 1. The second kappa shape index (κ2) is 9.44. The van der Waals surface area contributed by atoms with Crippen LogP contribution in [0.15, 0.2) is 17.1 Å². The molecule has 0 unspecified atom stereocenters. The summed E-state index contributed by atoms with van der Waals surface area (Å²) in [5.74, 6) is -0.913. The van der Waals surface area contributed by atoms with Crippen LogP contribution in [0.2, 0.25) is 5.02 Å². The van der Waals surface area contributed by atoms with Gasteiger partial charge in [0.25, 0.3) is 0 Å². The van der Waals surface area contributed by atoms with Crippen LogP contribution in [0.4, 0.5) is 5.00 Å². The lowest BCUT2D eigenvalue weighted by Gasteiger charge is -2.22. The van der Waals surface area contributed by atoms with Crippen molar-refractivity contribution in [2.45, 2.75) is 19.4 Å². The third-order valence-electron chi connectivity index (χ3n) is 3.96. The number of halogens is 1. The average Bonchev–Trinajstić information content (AvgIpc) is 3.03. The Balaban J connectivity index is 2.59. The predicted octanol–water partition coefficient (Wildman–Crippen LogP) is 1.82. The molecule has 0 atom stereocenters. The smallest absolute Gasteiger partial charge is 0.341 e. The van der Waals surface area contributed by atoms with Gasteiger partial charge in [-0.15, -0.1) is 11.3 Å². The van der Waals surface area contributed by atoms with Gasteiger partial charge in [0.2, 0.25) is 5.91 Å². The van der Waals surface area contributed by atoms with E-state index < -0.39 is 31.3 Å². The molecule has 1 heterocycles. The van der Waals surface area contributed by atoms with E-state index >= 15 is 0 Å². The molecule has 0 saturated heterocycles. The topological polar surface area (TPSA) is 128 Å². The lowest BCUT2D eigenvalue weighted by molar-refractivity contribution is -0.114. The number of nitrogens with zero attached hydrogens (tertiary/aromatic N) is 1. The van der Waals surface area contributed by atoms with Gasteiger partial charge in [0, 0.05) is 24.1 Å². The van der Waals surface area contributed by atoms with Gasteiger partial charge in [-0.2, -0.15) is 0 Å². The Kier molecular flexibility index (Phi) is 7.50. The van der Waals surface area contributed by atoms with Crippen molar-refractivity contribution in [1.29, 1.82) is 0 Å². The number of hydrogen-bond acceptors (Lipinski definition) is 8. The summed E-state index contributed by atoms with van der Waals surface area (Å²) in [4.78, 5) is 28.0. The summed E-state index contributed by atoms with van der Waals surface area (Å²) < 4.78 is 5.63. The number of aliphatic hydroxyl groups is 3. The first kappa shape index (κ1) is 22.3. The number of carbonyl (C=O) groups excluding carboxylic acids is 2. The molecule has 0 aliphatic carbocycles. The van der Waals surface area contributed by atoms with Crippen LogP contribution < -0.4 is 5.32 Å².